The molecule has 4 rings (SSSR count). The van der Waals surface area contributed by atoms with Crippen LogP contribution in [0.25, 0.3) is 17.2 Å². The highest BCUT2D eigenvalue weighted by atomic mass is 35.5. The summed E-state index contributed by atoms with van der Waals surface area (Å²) in [6, 6.07) is 7.10. The number of ether oxygens (including phenoxy) is 1. The predicted molar refractivity (Wildman–Crippen MR) is 103 cm³/mol. The summed E-state index contributed by atoms with van der Waals surface area (Å²) >= 11 is 5.97. The van der Waals surface area contributed by atoms with Crippen LogP contribution in [0, 0.1) is 13.8 Å². The molecule has 0 aliphatic carbocycles. The average Bonchev–Trinajstić information content (AvgIpc) is 3.35. The minimum absolute atomic E-state index is 0.0925. The minimum atomic E-state index is -0.370. The van der Waals surface area contributed by atoms with E-state index < -0.39 is 0 Å². The maximum Gasteiger partial charge on any atom is 0.306 e. The van der Waals surface area contributed by atoms with Crippen LogP contribution in [0.1, 0.15) is 29.3 Å². The maximum atomic E-state index is 12.2. The summed E-state index contributed by atoms with van der Waals surface area (Å²) in [5, 5.41) is 8.61. The van der Waals surface area contributed by atoms with E-state index in [1.807, 2.05) is 19.9 Å². The zero-order valence-corrected chi connectivity index (χ0v) is 16.5. The lowest BCUT2D eigenvalue weighted by Gasteiger charge is -2.09. The number of benzene rings is 1. The molecule has 0 fully saturated rings. The highest BCUT2D eigenvalue weighted by molar-refractivity contribution is 6.30. The molecular formula is C19H17ClN6O3. The fraction of sp³-hybridized carbons (Fsp3) is 0.263. The molecule has 0 N–H and O–H groups in total. The molecule has 0 saturated heterocycles. The van der Waals surface area contributed by atoms with Gasteiger partial charge in [0.05, 0.1) is 0 Å². The van der Waals surface area contributed by atoms with Crippen molar-refractivity contribution in [1.82, 2.24) is 29.7 Å². The molecular weight excluding hydrogens is 396 g/mol. The molecule has 0 amide bonds. The van der Waals surface area contributed by atoms with Gasteiger partial charge in [0.1, 0.15) is 6.33 Å². The summed E-state index contributed by atoms with van der Waals surface area (Å²) in [6.07, 6.45) is 2.13. The van der Waals surface area contributed by atoms with Gasteiger partial charge < -0.3 is 9.26 Å². The number of hydrogen-bond acceptors (Lipinski definition) is 8. The summed E-state index contributed by atoms with van der Waals surface area (Å²) in [6.45, 7) is 3.72. The van der Waals surface area contributed by atoms with E-state index in [4.69, 9.17) is 20.9 Å². The molecule has 3 heterocycles. The van der Waals surface area contributed by atoms with Crippen molar-refractivity contribution in [2.24, 2.45) is 0 Å². The normalized spacial score (nSPS) is 11.1. The monoisotopic (exact) mass is 412 g/mol. The van der Waals surface area contributed by atoms with Crippen LogP contribution < -0.4 is 0 Å². The Hall–Kier alpha value is -3.33. The van der Waals surface area contributed by atoms with Crippen LogP contribution in [0.2, 0.25) is 5.02 Å². The highest BCUT2D eigenvalue weighted by Crippen LogP contribution is 2.20. The summed E-state index contributed by atoms with van der Waals surface area (Å²) in [5.41, 5.74) is 3.39. The van der Waals surface area contributed by atoms with Gasteiger partial charge in [0.2, 0.25) is 5.82 Å². The van der Waals surface area contributed by atoms with E-state index in [0.717, 1.165) is 22.5 Å². The second-order valence-electron chi connectivity index (χ2n) is 6.42. The fourth-order valence-corrected chi connectivity index (χ4v) is 3.21. The molecule has 3 aromatic heterocycles. The van der Waals surface area contributed by atoms with Gasteiger partial charge in [-0.25, -0.2) is 9.50 Å². The van der Waals surface area contributed by atoms with Gasteiger partial charge in [-0.3, -0.25) is 4.79 Å². The van der Waals surface area contributed by atoms with Crippen molar-refractivity contribution < 1.29 is 14.1 Å². The molecule has 0 atom stereocenters. The molecule has 0 saturated carbocycles. The second-order valence-corrected chi connectivity index (χ2v) is 6.85. The largest absolute Gasteiger partial charge is 0.456 e. The fourth-order valence-electron chi connectivity index (χ4n) is 3.02. The number of carbonyl (C=O) groups excluding carboxylic acids is 1. The van der Waals surface area contributed by atoms with E-state index in [1.165, 1.54) is 6.33 Å². The van der Waals surface area contributed by atoms with Gasteiger partial charge in [0, 0.05) is 28.4 Å². The summed E-state index contributed by atoms with van der Waals surface area (Å²) in [5.74, 6) is 0.770. The van der Waals surface area contributed by atoms with E-state index in [2.05, 4.69) is 25.2 Å². The van der Waals surface area contributed by atoms with E-state index >= 15 is 0 Å². The van der Waals surface area contributed by atoms with E-state index in [0.29, 0.717) is 23.0 Å². The predicted octanol–water partition coefficient (Wildman–Crippen LogP) is 3.12. The molecule has 29 heavy (non-hydrogen) atoms. The Bertz CT molecular complexity index is 1190. The lowest BCUT2D eigenvalue weighted by atomic mass is 10.1. The molecule has 1 aromatic carbocycles. The molecule has 0 radical (unpaired) electrons. The summed E-state index contributed by atoms with van der Waals surface area (Å²) < 4.78 is 12.1. The van der Waals surface area contributed by atoms with Crippen molar-refractivity contribution in [3.05, 3.63) is 58.5 Å². The van der Waals surface area contributed by atoms with Crippen LogP contribution in [0.4, 0.5) is 0 Å². The number of esters is 1. The first kappa shape index (κ1) is 19.0. The van der Waals surface area contributed by atoms with E-state index in [-0.39, 0.29) is 24.9 Å². The Kier molecular flexibility index (Phi) is 5.22. The Morgan fingerprint density at radius 2 is 2.14 bits per heavy atom. The number of aryl methyl sites for hydroxylation is 2. The van der Waals surface area contributed by atoms with Crippen LogP contribution >= 0.6 is 11.6 Å². The Morgan fingerprint density at radius 3 is 2.97 bits per heavy atom. The second kappa shape index (κ2) is 7.96. The van der Waals surface area contributed by atoms with Gasteiger partial charge in [-0.1, -0.05) is 28.9 Å². The zero-order valence-electron chi connectivity index (χ0n) is 15.8. The molecule has 0 aliphatic rings. The van der Waals surface area contributed by atoms with Crippen LogP contribution in [0.3, 0.4) is 0 Å². The van der Waals surface area contributed by atoms with Gasteiger partial charge >= 0.3 is 5.97 Å². The number of nitrogens with zero attached hydrogens (tertiary/aromatic N) is 6. The van der Waals surface area contributed by atoms with Gasteiger partial charge in [0.25, 0.3) is 11.7 Å². The molecule has 0 bridgehead atoms. The van der Waals surface area contributed by atoms with Gasteiger partial charge in [-0.2, -0.15) is 15.1 Å². The van der Waals surface area contributed by atoms with Gasteiger partial charge in [0.15, 0.2) is 6.61 Å². The molecule has 0 aliphatic heterocycles. The van der Waals surface area contributed by atoms with Crippen LogP contribution in [0.5, 0.6) is 0 Å². The number of carbonyl (C=O) groups is 1. The Morgan fingerprint density at radius 1 is 1.28 bits per heavy atom. The Labute approximate surface area is 170 Å². The average molecular weight is 413 g/mol. The van der Waals surface area contributed by atoms with Crippen molar-refractivity contribution >= 4 is 23.3 Å². The van der Waals surface area contributed by atoms with Crippen molar-refractivity contribution in [3.8, 4) is 11.4 Å². The Balaban J connectivity index is 1.35. The number of hydrogen-bond donors (Lipinski definition) is 0. The van der Waals surface area contributed by atoms with Gasteiger partial charge in [-0.05, 0) is 38.0 Å². The third-order valence-electron chi connectivity index (χ3n) is 4.48. The third kappa shape index (κ3) is 4.09. The number of rotatable bonds is 6. The van der Waals surface area contributed by atoms with Crippen LogP contribution in [-0.4, -0.2) is 35.7 Å². The number of aromatic nitrogens is 6. The molecule has 0 unspecified atom stereocenters. The minimum Gasteiger partial charge on any atom is -0.456 e. The molecule has 148 valence electrons. The van der Waals surface area contributed by atoms with Crippen molar-refractivity contribution in [1.29, 1.82) is 0 Å². The van der Waals surface area contributed by atoms with Crippen LogP contribution in [0.15, 0.2) is 35.1 Å². The highest BCUT2D eigenvalue weighted by Gasteiger charge is 2.15. The topological polar surface area (TPSA) is 108 Å². The van der Waals surface area contributed by atoms with Crippen molar-refractivity contribution in [2.45, 2.75) is 33.3 Å². The lowest BCUT2D eigenvalue weighted by Crippen LogP contribution is -2.10. The molecule has 0 spiro atoms. The zero-order chi connectivity index (χ0) is 20.4. The lowest BCUT2D eigenvalue weighted by molar-refractivity contribution is -0.145. The van der Waals surface area contributed by atoms with E-state index in [9.17, 15) is 4.79 Å². The molecule has 4 aromatic rings. The van der Waals surface area contributed by atoms with Crippen molar-refractivity contribution in [2.75, 3.05) is 0 Å². The standard InChI is InChI=1S/C19H17ClN6O3/c1-11-15(12(2)26-19(23-11)21-10-22-26)6-7-17(27)28-9-16-24-18(25-29-16)13-4-3-5-14(20)8-13/h3-5,8,10H,6-7,9H2,1-2H3. The first-order chi connectivity index (χ1) is 14.0. The number of fused-ring (bicyclic) bond motifs is 1. The number of halogens is 1. The molecule has 10 heteroatoms. The van der Waals surface area contributed by atoms with Gasteiger partial charge in [-0.15, -0.1) is 0 Å². The summed E-state index contributed by atoms with van der Waals surface area (Å²) in [4.78, 5) is 24.9. The third-order valence-corrected chi connectivity index (χ3v) is 4.71. The first-order valence-electron chi connectivity index (χ1n) is 8.91. The molecule has 9 nitrogen and oxygen atoms in total. The first-order valence-corrected chi connectivity index (χ1v) is 9.29. The maximum absolute atomic E-state index is 12.2. The smallest absolute Gasteiger partial charge is 0.306 e. The quantitative estimate of drug-likeness (QED) is 0.444. The van der Waals surface area contributed by atoms with E-state index in [1.54, 1.807) is 22.7 Å². The van der Waals surface area contributed by atoms with Crippen molar-refractivity contribution in [3.63, 3.8) is 0 Å². The SMILES string of the molecule is Cc1nc2ncnn2c(C)c1CCC(=O)OCc1nc(-c2cccc(Cl)c2)no1. The summed E-state index contributed by atoms with van der Waals surface area (Å²) in [7, 11) is 0. The van der Waals surface area contributed by atoms with Crippen LogP contribution in [-0.2, 0) is 22.6 Å².